The van der Waals surface area contributed by atoms with E-state index in [1.54, 1.807) is 0 Å². The minimum Gasteiger partial charge on any atom is -0.305 e. The second kappa shape index (κ2) is 2.96. The van der Waals surface area contributed by atoms with Gasteiger partial charge in [0, 0.05) is 5.69 Å². The maximum Gasteiger partial charge on any atom is 0.234 e. The normalized spacial score (nSPS) is 27.8. The third-order valence-corrected chi connectivity index (χ3v) is 3.26. The van der Waals surface area contributed by atoms with Crippen LogP contribution < -0.4 is 4.90 Å². The molecule has 2 bridgehead atoms. The van der Waals surface area contributed by atoms with Crippen LogP contribution >= 0.6 is 0 Å². The van der Waals surface area contributed by atoms with Crippen molar-refractivity contribution in [3.63, 3.8) is 0 Å². The zero-order chi connectivity index (χ0) is 10.4. The second-order valence-corrected chi connectivity index (χ2v) is 4.34. The summed E-state index contributed by atoms with van der Waals surface area (Å²) in [5, 5.41) is 0. The highest BCUT2D eigenvalue weighted by Gasteiger charge is 2.41. The first-order valence-electron chi connectivity index (χ1n) is 5.34. The molecule has 1 aromatic carbocycles. The molecule has 0 unspecified atom stereocenters. The molecule has 2 heteroatoms. The summed E-state index contributed by atoms with van der Waals surface area (Å²) in [5.74, 6) is 0.391. The molecule has 1 aliphatic heterocycles. The number of carbonyl (C=O) groups is 1. The van der Waals surface area contributed by atoms with E-state index in [-0.39, 0.29) is 11.8 Å². The molecule has 2 aliphatic rings. The lowest BCUT2D eigenvalue weighted by Crippen LogP contribution is -2.34. The summed E-state index contributed by atoms with van der Waals surface area (Å²) in [7, 11) is 0. The van der Waals surface area contributed by atoms with Crippen LogP contribution in [0.5, 0.6) is 0 Å². The van der Waals surface area contributed by atoms with Gasteiger partial charge in [-0.15, -0.1) is 0 Å². The van der Waals surface area contributed by atoms with Crippen molar-refractivity contribution in [2.75, 3.05) is 4.90 Å². The van der Waals surface area contributed by atoms with Gasteiger partial charge < -0.3 is 4.90 Å². The van der Waals surface area contributed by atoms with Crippen LogP contribution in [0.1, 0.15) is 12.0 Å². The zero-order valence-electron chi connectivity index (χ0n) is 8.68. The average Bonchev–Trinajstić information content (AvgIpc) is 2.80. The van der Waals surface area contributed by atoms with Crippen LogP contribution in [0, 0.1) is 12.8 Å². The highest BCUT2D eigenvalue weighted by molar-refractivity contribution is 6.00. The lowest BCUT2D eigenvalue weighted by atomic mass is 10.1. The quantitative estimate of drug-likeness (QED) is 0.635. The summed E-state index contributed by atoms with van der Waals surface area (Å²) in [6.07, 6.45) is 5.15. The van der Waals surface area contributed by atoms with Gasteiger partial charge >= 0.3 is 0 Å². The van der Waals surface area contributed by atoms with E-state index in [1.165, 1.54) is 5.56 Å². The summed E-state index contributed by atoms with van der Waals surface area (Å²) in [6, 6.07) is 8.46. The van der Waals surface area contributed by atoms with Crippen molar-refractivity contribution in [1.29, 1.82) is 0 Å². The van der Waals surface area contributed by atoms with Crippen molar-refractivity contribution in [1.82, 2.24) is 0 Å². The van der Waals surface area contributed by atoms with E-state index >= 15 is 0 Å². The van der Waals surface area contributed by atoms with E-state index in [0.717, 1.165) is 12.1 Å². The van der Waals surface area contributed by atoms with E-state index in [4.69, 9.17) is 0 Å². The highest BCUT2D eigenvalue weighted by Crippen LogP contribution is 2.36. The van der Waals surface area contributed by atoms with Crippen LogP contribution in [0.15, 0.2) is 36.4 Å². The Balaban J connectivity index is 1.98. The van der Waals surface area contributed by atoms with Gasteiger partial charge in [0.15, 0.2) is 0 Å². The van der Waals surface area contributed by atoms with Crippen LogP contribution in [0.4, 0.5) is 5.69 Å². The largest absolute Gasteiger partial charge is 0.305 e. The fourth-order valence-corrected chi connectivity index (χ4v) is 2.42. The molecular weight excluding hydrogens is 186 g/mol. The number of nitrogens with zero attached hydrogens (tertiary/aromatic N) is 1. The number of carbonyl (C=O) groups excluding carboxylic acids is 1. The number of rotatable bonds is 1. The Labute approximate surface area is 89.2 Å². The number of anilines is 1. The molecule has 1 saturated heterocycles. The van der Waals surface area contributed by atoms with Gasteiger partial charge in [-0.05, 0) is 25.5 Å². The molecule has 2 nitrogen and oxygen atoms in total. The molecule has 0 N–H and O–H groups in total. The number of amides is 1. The number of benzene rings is 1. The first-order valence-corrected chi connectivity index (χ1v) is 5.34. The lowest BCUT2D eigenvalue weighted by Gasteiger charge is -2.24. The number of aryl methyl sites for hydroxylation is 1. The summed E-state index contributed by atoms with van der Waals surface area (Å²) in [4.78, 5) is 13.8. The third-order valence-electron chi connectivity index (χ3n) is 3.26. The molecule has 0 aromatic heterocycles. The van der Waals surface area contributed by atoms with Crippen LogP contribution in [-0.2, 0) is 4.79 Å². The van der Waals surface area contributed by atoms with Gasteiger partial charge in [-0.3, -0.25) is 4.79 Å². The Hall–Kier alpha value is -1.57. The Bertz CT molecular complexity index is 432. The predicted molar refractivity (Wildman–Crippen MR) is 59.7 cm³/mol. The SMILES string of the molecule is Cc1ccc(N2C(=O)[C@H]3C=C[C@@H]2C3)cc1. The van der Waals surface area contributed by atoms with Crippen molar-refractivity contribution in [2.45, 2.75) is 19.4 Å². The molecule has 1 aliphatic carbocycles. The van der Waals surface area contributed by atoms with Crippen molar-refractivity contribution < 1.29 is 4.79 Å². The van der Waals surface area contributed by atoms with Crippen molar-refractivity contribution in [2.24, 2.45) is 5.92 Å². The zero-order valence-corrected chi connectivity index (χ0v) is 8.68. The predicted octanol–water partition coefficient (Wildman–Crippen LogP) is 2.29. The highest BCUT2D eigenvalue weighted by atomic mass is 16.2. The molecule has 1 fully saturated rings. The third kappa shape index (κ3) is 1.21. The second-order valence-electron chi connectivity index (χ2n) is 4.34. The maximum absolute atomic E-state index is 11.9. The fourth-order valence-electron chi connectivity index (χ4n) is 2.42. The van der Waals surface area contributed by atoms with Gasteiger partial charge in [-0.25, -0.2) is 0 Å². The first kappa shape index (κ1) is 8.72. The lowest BCUT2D eigenvalue weighted by molar-refractivity contribution is -0.119. The molecule has 0 spiro atoms. The van der Waals surface area contributed by atoms with Crippen LogP contribution in [-0.4, -0.2) is 11.9 Å². The summed E-state index contributed by atoms with van der Waals surface area (Å²) >= 11 is 0. The molecule has 15 heavy (non-hydrogen) atoms. The van der Waals surface area contributed by atoms with Gasteiger partial charge in [-0.1, -0.05) is 29.8 Å². The standard InChI is InChI=1S/C13H13NO/c1-9-2-5-11(6-3-9)14-12-7-4-10(8-12)13(14)15/h2-7,10,12H,8H2,1H3/t10-,12+/m0/s1. The monoisotopic (exact) mass is 199 g/mol. The molecule has 3 rings (SSSR count). The molecule has 1 heterocycles. The van der Waals surface area contributed by atoms with Gasteiger partial charge in [0.2, 0.25) is 5.91 Å². The van der Waals surface area contributed by atoms with Crippen LogP contribution in [0.3, 0.4) is 0 Å². The topological polar surface area (TPSA) is 20.3 Å². The fraction of sp³-hybridized carbons (Fsp3) is 0.308. The number of hydrogen-bond donors (Lipinski definition) is 0. The molecular formula is C13H13NO. The minimum absolute atomic E-state index is 0.135. The average molecular weight is 199 g/mol. The molecule has 76 valence electrons. The maximum atomic E-state index is 11.9. The minimum atomic E-state index is 0.135. The van der Waals surface area contributed by atoms with E-state index in [2.05, 4.69) is 25.1 Å². The van der Waals surface area contributed by atoms with E-state index in [1.807, 2.05) is 23.1 Å². The molecule has 1 aromatic rings. The van der Waals surface area contributed by atoms with Crippen molar-refractivity contribution in [3.8, 4) is 0 Å². The smallest absolute Gasteiger partial charge is 0.234 e. The molecule has 0 saturated carbocycles. The van der Waals surface area contributed by atoms with E-state index in [9.17, 15) is 4.79 Å². The van der Waals surface area contributed by atoms with Crippen molar-refractivity contribution in [3.05, 3.63) is 42.0 Å². The molecule has 2 atom stereocenters. The van der Waals surface area contributed by atoms with Gasteiger partial charge in [0.1, 0.15) is 0 Å². The Kier molecular flexibility index (Phi) is 1.72. The Morgan fingerprint density at radius 1 is 1.20 bits per heavy atom. The Morgan fingerprint density at radius 2 is 1.93 bits per heavy atom. The molecule has 0 radical (unpaired) electrons. The van der Waals surface area contributed by atoms with E-state index < -0.39 is 0 Å². The number of fused-ring (bicyclic) bond motifs is 2. The van der Waals surface area contributed by atoms with Gasteiger partial charge in [0.05, 0.1) is 12.0 Å². The van der Waals surface area contributed by atoms with Gasteiger partial charge in [0.25, 0.3) is 0 Å². The van der Waals surface area contributed by atoms with Crippen molar-refractivity contribution >= 4 is 11.6 Å². The summed E-state index contributed by atoms with van der Waals surface area (Å²) < 4.78 is 0. The van der Waals surface area contributed by atoms with Crippen LogP contribution in [0.2, 0.25) is 0 Å². The Morgan fingerprint density at radius 3 is 2.53 bits per heavy atom. The number of hydrogen-bond acceptors (Lipinski definition) is 1. The molecule has 1 amide bonds. The van der Waals surface area contributed by atoms with Crippen LogP contribution in [0.25, 0.3) is 0 Å². The van der Waals surface area contributed by atoms with Gasteiger partial charge in [-0.2, -0.15) is 0 Å². The van der Waals surface area contributed by atoms with E-state index in [0.29, 0.717) is 6.04 Å². The summed E-state index contributed by atoms with van der Waals surface area (Å²) in [6.45, 7) is 2.06. The first-order chi connectivity index (χ1) is 7.25. The summed E-state index contributed by atoms with van der Waals surface area (Å²) in [5.41, 5.74) is 2.26.